The van der Waals surface area contributed by atoms with E-state index in [2.05, 4.69) is 5.10 Å². The van der Waals surface area contributed by atoms with Crippen LogP contribution in [0.15, 0.2) is 60.8 Å². The van der Waals surface area contributed by atoms with Crippen molar-refractivity contribution in [2.75, 3.05) is 9.80 Å². The highest BCUT2D eigenvalue weighted by Gasteiger charge is 2.49. The Kier molecular flexibility index (Phi) is 3.03. The molecule has 6 heteroatoms. The lowest BCUT2D eigenvalue weighted by atomic mass is 10.1. The van der Waals surface area contributed by atoms with Gasteiger partial charge in [0.25, 0.3) is 11.8 Å². The molecule has 0 spiro atoms. The molecular formula is C20H16N4O2. The summed E-state index contributed by atoms with van der Waals surface area (Å²) in [7, 11) is 0. The van der Waals surface area contributed by atoms with Gasteiger partial charge in [-0.05, 0) is 25.1 Å². The number of benzene rings is 2. The maximum atomic E-state index is 13.3. The first-order chi connectivity index (χ1) is 12.7. The molecular weight excluding hydrogens is 328 g/mol. The van der Waals surface area contributed by atoms with Gasteiger partial charge in [-0.25, -0.2) is 0 Å². The third kappa shape index (κ3) is 1.84. The molecule has 0 saturated heterocycles. The summed E-state index contributed by atoms with van der Waals surface area (Å²) in [5.74, 6) is -0.292. The van der Waals surface area contributed by atoms with Crippen LogP contribution in [-0.4, -0.2) is 21.6 Å². The molecule has 0 aliphatic carbocycles. The molecule has 2 aromatic carbocycles. The maximum absolute atomic E-state index is 13.3. The quantitative estimate of drug-likeness (QED) is 0.717. The third-order valence-electron chi connectivity index (χ3n) is 4.96. The van der Waals surface area contributed by atoms with Crippen molar-refractivity contribution in [1.29, 1.82) is 0 Å². The fourth-order valence-electron chi connectivity index (χ4n) is 3.77. The SMILES string of the molecule is CCn1cc2c(n1)C(=O)N(c1ccccc1)C1c3ccccc3C(=O)N21. The molecule has 0 saturated carbocycles. The van der Waals surface area contributed by atoms with Crippen molar-refractivity contribution in [1.82, 2.24) is 9.78 Å². The molecule has 2 aliphatic rings. The molecule has 5 rings (SSSR count). The van der Waals surface area contributed by atoms with E-state index in [1.165, 1.54) is 0 Å². The zero-order valence-corrected chi connectivity index (χ0v) is 14.2. The number of amides is 2. The first-order valence-electron chi connectivity index (χ1n) is 8.59. The van der Waals surface area contributed by atoms with Gasteiger partial charge in [-0.3, -0.25) is 24.1 Å². The van der Waals surface area contributed by atoms with E-state index >= 15 is 0 Å². The van der Waals surface area contributed by atoms with E-state index in [4.69, 9.17) is 0 Å². The minimum absolute atomic E-state index is 0.101. The molecule has 1 aromatic heterocycles. The molecule has 0 N–H and O–H groups in total. The molecule has 0 radical (unpaired) electrons. The highest BCUT2D eigenvalue weighted by atomic mass is 16.2. The Morgan fingerprint density at radius 3 is 2.42 bits per heavy atom. The number of carbonyl (C=O) groups is 2. The van der Waals surface area contributed by atoms with Gasteiger partial charge in [-0.2, -0.15) is 5.10 Å². The van der Waals surface area contributed by atoms with Gasteiger partial charge < -0.3 is 0 Å². The number of hydrogen-bond donors (Lipinski definition) is 0. The Morgan fingerprint density at radius 2 is 1.65 bits per heavy atom. The highest BCUT2D eigenvalue weighted by Crippen LogP contribution is 2.46. The lowest BCUT2D eigenvalue weighted by molar-refractivity contribution is 0.0945. The molecule has 1 unspecified atom stereocenters. The van der Waals surface area contributed by atoms with E-state index in [-0.39, 0.29) is 11.8 Å². The van der Waals surface area contributed by atoms with Gasteiger partial charge in [-0.15, -0.1) is 0 Å². The van der Waals surface area contributed by atoms with Crippen molar-refractivity contribution in [3.05, 3.63) is 77.6 Å². The van der Waals surface area contributed by atoms with Gasteiger partial charge >= 0.3 is 0 Å². The number of carbonyl (C=O) groups excluding carboxylic acids is 2. The summed E-state index contributed by atoms with van der Waals surface area (Å²) in [5.41, 5.74) is 3.10. The van der Waals surface area contributed by atoms with E-state index in [9.17, 15) is 9.59 Å². The van der Waals surface area contributed by atoms with Crippen molar-refractivity contribution >= 4 is 23.2 Å². The van der Waals surface area contributed by atoms with Crippen molar-refractivity contribution in [2.45, 2.75) is 19.6 Å². The summed E-state index contributed by atoms with van der Waals surface area (Å²) >= 11 is 0. The Hall–Kier alpha value is -3.41. The van der Waals surface area contributed by atoms with Gasteiger partial charge in [0.05, 0.1) is 5.69 Å². The van der Waals surface area contributed by atoms with E-state index in [0.717, 1.165) is 11.3 Å². The fourth-order valence-corrected chi connectivity index (χ4v) is 3.77. The molecule has 3 heterocycles. The Balaban J connectivity index is 1.79. The van der Waals surface area contributed by atoms with Crippen molar-refractivity contribution in [3.63, 3.8) is 0 Å². The highest BCUT2D eigenvalue weighted by molar-refractivity contribution is 6.20. The van der Waals surface area contributed by atoms with E-state index in [0.29, 0.717) is 23.5 Å². The van der Waals surface area contributed by atoms with Gasteiger partial charge in [-0.1, -0.05) is 36.4 Å². The van der Waals surface area contributed by atoms with Gasteiger partial charge in [0, 0.05) is 29.6 Å². The predicted molar refractivity (Wildman–Crippen MR) is 97.1 cm³/mol. The van der Waals surface area contributed by atoms with Crippen molar-refractivity contribution in [3.8, 4) is 0 Å². The molecule has 6 nitrogen and oxygen atoms in total. The zero-order valence-electron chi connectivity index (χ0n) is 14.2. The number of fused-ring (bicyclic) bond motifs is 5. The minimum Gasteiger partial charge on any atom is -0.281 e. The average Bonchev–Trinajstić information content (AvgIpc) is 3.23. The summed E-state index contributed by atoms with van der Waals surface area (Å²) in [4.78, 5) is 29.8. The largest absolute Gasteiger partial charge is 0.282 e. The molecule has 2 amide bonds. The van der Waals surface area contributed by atoms with Crippen LogP contribution in [0.25, 0.3) is 0 Å². The minimum atomic E-state index is -0.490. The first-order valence-corrected chi connectivity index (χ1v) is 8.59. The second kappa shape index (κ2) is 5.29. The number of anilines is 2. The van der Waals surface area contributed by atoms with Crippen LogP contribution >= 0.6 is 0 Å². The molecule has 128 valence electrons. The normalized spacial score (nSPS) is 18.0. The summed E-state index contributed by atoms with van der Waals surface area (Å²) in [6.45, 7) is 2.58. The van der Waals surface area contributed by atoms with Crippen LogP contribution in [0.3, 0.4) is 0 Å². The van der Waals surface area contributed by atoms with Crippen molar-refractivity contribution in [2.24, 2.45) is 0 Å². The molecule has 0 fully saturated rings. The zero-order chi connectivity index (χ0) is 17.8. The fraction of sp³-hybridized carbons (Fsp3) is 0.150. The average molecular weight is 344 g/mol. The lowest BCUT2D eigenvalue weighted by Crippen LogP contribution is -2.48. The summed E-state index contributed by atoms with van der Waals surface area (Å²) < 4.78 is 1.70. The Bertz CT molecular complexity index is 1040. The number of nitrogens with zero attached hydrogens (tertiary/aromatic N) is 4. The van der Waals surface area contributed by atoms with Crippen molar-refractivity contribution < 1.29 is 9.59 Å². The first kappa shape index (κ1) is 14.9. The number of hydrogen-bond acceptors (Lipinski definition) is 3. The Morgan fingerprint density at radius 1 is 0.923 bits per heavy atom. The molecule has 3 aromatic rings. The third-order valence-corrected chi connectivity index (χ3v) is 4.96. The molecule has 2 aliphatic heterocycles. The topological polar surface area (TPSA) is 58.4 Å². The van der Waals surface area contributed by atoms with Gasteiger partial charge in [0.1, 0.15) is 6.17 Å². The summed E-state index contributed by atoms with van der Waals surface area (Å²) in [6, 6.07) is 16.9. The second-order valence-corrected chi connectivity index (χ2v) is 6.37. The standard InChI is InChI=1S/C20H16N4O2/c1-2-22-12-16-17(21-22)20(26)23(13-8-4-3-5-9-13)18-14-10-6-7-11-15(14)19(25)24(16)18/h3-12,18H,2H2,1H3. The number of rotatable bonds is 2. The summed E-state index contributed by atoms with van der Waals surface area (Å²) in [5, 5.41) is 4.42. The number of aryl methyl sites for hydroxylation is 1. The molecule has 0 bridgehead atoms. The van der Waals surface area contributed by atoms with E-state index in [1.54, 1.807) is 20.7 Å². The lowest BCUT2D eigenvalue weighted by Gasteiger charge is -2.38. The molecule has 1 atom stereocenters. The van der Waals surface area contributed by atoms with Crippen LogP contribution in [-0.2, 0) is 6.54 Å². The monoisotopic (exact) mass is 344 g/mol. The summed E-state index contributed by atoms with van der Waals surface area (Å²) in [6.07, 6.45) is 1.29. The number of aromatic nitrogens is 2. The van der Waals surface area contributed by atoms with E-state index < -0.39 is 6.17 Å². The smallest absolute Gasteiger partial charge is 0.281 e. The van der Waals surface area contributed by atoms with E-state index in [1.807, 2.05) is 61.5 Å². The van der Waals surface area contributed by atoms with Crippen LogP contribution in [0.5, 0.6) is 0 Å². The predicted octanol–water partition coefficient (Wildman–Crippen LogP) is 3.22. The Labute approximate surface area is 150 Å². The van der Waals surface area contributed by atoms with Crippen LogP contribution in [0.4, 0.5) is 11.4 Å². The van der Waals surface area contributed by atoms with Crippen LogP contribution < -0.4 is 9.80 Å². The van der Waals surface area contributed by atoms with Crippen LogP contribution in [0, 0.1) is 0 Å². The van der Waals surface area contributed by atoms with Crippen LogP contribution in [0.2, 0.25) is 0 Å². The maximum Gasteiger partial charge on any atom is 0.282 e. The van der Waals surface area contributed by atoms with Gasteiger partial charge in [0.15, 0.2) is 5.69 Å². The van der Waals surface area contributed by atoms with Crippen LogP contribution in [0.1, 0.15) is 39.5 Å². The second-order valence-electron chi connectivity index (χ2n) is 6.37. The number of para-hydroxylation sites is 1. The molecule has 26 heavy (non-hydrogen) atoms. The van der Waals surface area contributed by atoms with Gasteiger partial charge in [0.2, 0.25) is 0 Å².